The summed E-state index contributed by atoms with van der Waals surface area (Å²) in [6.07, 6.45) is 0.236. The van der Waals surface area contributed by atoms with Gasteiger partial charge < -0.3 is 14.2 Å². The summed E-state index contributed by atoms with van der Waals surface area (Å²) in [5, 5.41) is 3.36. The number of hydrogen-bond donors (Lipinski definition) is 0. The second-order valence-corrected chi connectivity index (χ2v) is 5.82. The van der Waals surface area contributed by atoms with Gasteiger partial charge in [0.2, 0.25) is 0 Å². The number of benzene rings is 1. The molecule has 0 amide bonds. The topological polar surface area (TPSA) is 93.5 Å². The van der Waals surface area contributed by atoms with Gasteiger partial charge in [0, 0.05) is 11.5 Å². The van der Waals surface area contributed by atoms with Crippen molar-refractivity contribution in [2.75, 3.05) is 26.4 Å². The summed E-state index contributed by atoms with van der Waals surface area (Å²) in [6, 6.07) is 7.28. The molecule has 0 N–H and O–H groups in total. The van der Waals surface area contributed by atoms with Crippen LogP contribution in [0.5, 0.6) is 5.75 Å². The van der Waals surface area contributed by atoms with E-state index in [2.05, 4.69) is 10.0 Å². The van der Waals surface area contributed by atoms with Crippen LogP contribution in [0.4, 0.5) is 0 Å². The Labute approximate surface area is 136 Å². The molecule has 7 heteroatoms. The molecule has 126 valence electrons. The summed E-state index contributed by atoms with van der Waals surface area (Å²) in [5.41, 5.74) is 8.50. The monoisotopic (exact) mass is 321 g/mol. The van der Waals surface area contributed by atoms with Crippen molar-refractivity contribution < 1.29 is 19.0 Å². The van der Waals surface area contributed by atoms with E-state index in [0.29, 0.717) is 32.1 Å². The van der Waals surface area contributed by atoms with Crippen LogP contribution in [0, 0.1) is 0 Å². The summed E-state index contributed by atoms with van der Waals surface area (Å²) < 4.78 is 16.0. The van der Waals surface area contributed by atoms with Crippen LogP contribution in [-0.4, -0.2) is 37.9 Å². The second kappa shape index (κ2) is 9.71. The van der Waals surface area contributed by atoms with Gasteiger partial charge in [-0.05, 0) is 44.0 Å². The lowest BCUT2D eigenvalue weighted by molar-refractivity contribution is -0.153. The first-order valence-electron chi connectivity index (χ1n) is 7.43. The van der Waals surface area contributed by atoms with E-state index in [-0.39, 0.29) is 12.4 Å². The Balaban J connectivity index is 2.28. The second-order valence-electron chi connectivity index (χ2n) is 5.82. The van der Waals surface area contributed by atoms with E-state index >= 15 is 0 Å². The third-order valence-electron chi connectivity index (χ3n) is 2.59. The summed E-state index contributed by atoms with van der Waals surface area (Å²) in [6.45, 7) is 7.05. The van der Waals surface area contributed by atoms with E-state index in [1.807, 2.05) is 32.9 Å². The molecule has 0 aliphatic carbocycles. The third-order valence-corrected chi connectivity index (χ3v) is 2.59. The summed E-state index contributed by atoms with van der Waals surface area (Å²) in [4.78, 5) is 14.4. The highest BCUT2D eigenvalue weighted by Crippen LogP contribution is 2.14. The lowest BCUT2D eigenvalue weighted by Crippen LogP contribution is -2.24. The smallest absolute Gasteiger partial charge is 0.310 e. The zero-order chi connectivity index (χ0) is 17.1. The number of carbonyl (C=O) groups excluding carboxylic acids is 1. The molecule has 0 radical (unpaired) electrons. The molecule has 7 nitrogen and oxygen atoms in total. The molecule has 0 atom stereocenters. The third kappa shape index (κ3) is 9.39. The summed E-state index contributed by atoms with van der Waals surface area (Å²) in [5.74, 6) is 0.455. The molecule has 0 saturated carbocycles. The standard InChI is InChI=1S/C16H23N3O4/c1-16(2,3)23-15(20)12-13-4-6-14(7-5-13)22-11-10-21-9-8-18-19-17/h4-7H,8-12H2,1-3H3. The fraction of sp³-hybridized carbons (Fsp3) is 0.562. The van der Waals surface area contributed by atoms with Gasteiger partial charge in [-0.2, -0.15) is 0 Å². The molecule has 23 heavy (non-hydrogen) atoms. The minimum Gasteiger partial charge on any atom is -0.491 e. The Kier molecular flexibility index (Phi) is 7.94. The van der Waals surface area contributed by atoms with Crippen LogP contribution in [-0.2, 0) is 20.7 Å². The van der Waals surface area contributed by atoms with Crippen LogP contribution in [0.2, 0.25) is 0 Å². The van der Waals surface area contributed by atoms with Gasteiger partial charge >= 0.3 is 5.97 Å². The number of ether oxygens (including phenoxy) is 3. The van der Waals surface area contributed by atoms with Crippen LogP contribution >= 0.6 is 0 Å². The molecule has 0 bridgehead atoms. The average Bonchev–Trinajstić information content (AvgIpc) is 2.46. The van der Waals surface area contributed by atoms with E-state index in [1.54, 1.807) is 12.1 Å². The van der Waals surface area contributed by atoms with Crippen LogP contribution in [0.1, 0.15) is 26.3 Å². The number of azide groups is 1. The summed E-state index contributed by atoms with van der Waals surface area (Å²) in [7, 11) is 0. The van der Waals surface area contributed by atoms with Crippen molar-refractivity contribution in [1.29, 1.82) is 0 Å². The van der Waals surface area contributed by atoms with Gasteiger partial charge in [-0.3, -0.25) is 4.79 Å². The van der Waals surface area contributed by atoms with Crippen LogP contribution in [0.3, 0.4) is 0 Å². The summed E-state index contributed by atoms with van der Waals surface area (Å²) >= 11 is 0. The van der Waals surface area contributed by atoms with Gasteiger partial charge in [-0.25, -0.2) is 0 Å². The molecule has 0 fully saturated rings. The van der Waals surface area contributed by atoms with Crippen molar-refractivity contribution in [3.05, 3.63) is 40.3 Å². The van der Waals surface area contributed by atoms with E-state index in [4.69, 9.17) is 19.7 Å². The van der Waals surface area contributed by atoms with Crippen LogP contribution in [0.25, 0.3) is 10.4 Å². The zero-order valence-electron chi connectivity index (χ0n) is 13.8. The van der Waals surface area contributed by atoms with Crippen LogP contribution in [0.15, 0.2) is 29.4 Å². The molecule has 0 heterocycles. The lowest BCUT2D eigenvalue weighted by atomic mass is 10.1. The molecule has 0 aliphatic rings. The Morgan fingerprint density at radius 2 is 1.87 bits per heavy atom. The predicted molar refractivity (Wildman–Crippen MR) is 86.3 cm³/mol. The lowest BCUT2D eigenvalue weighted by Gasteiger charge is -2.19. The number of esters is 1. The SMILES string of the molecule is CC(C)(C)OC(=O)Cc1ccc(OCCOCCN=[N+]=[N-])cc1. The Bertz CT molecular complexity index is 531. The molecule has 1 rings (SSSR count). The first-order valence-corrected chi connectivity index (χ1v) is 7.43. The Morgan fingerprint density at radius 1 is 1.17 bits per heavy atom. The van der Waals surface area contributed by atoms with Gasteiger partial charge in [-0.1, -0.05) is 17.2 Å². The van der Waals surface area contributed by atoms with Crippen molar-refractivity contribution in [3.8, 4) is 5.75 Å². The van der Waals surface area contributed by atoms with Crippen molar-refractivity contribution in [3.63, 3.8) is 0 Å². The van der Waals surface area contributed by atoms with Gasteiger partial charge in [0.1, 0.15) is 18.0 Å². The maximum absolute atomic E-state index is 11.7. The highest BCUT2D eigenvalue weighted by molar-refractivity contribution is 5.73. The quantitative estimate of drug-likeness (QED) is 0.229. The Morgan fingerprint density at radius 3 is 2.48 bits per heavy atom. The molecule has 1 aromatic carbocycles. The Hall–Kier alpha value is -2.24. The van der Waals surface area contributed by atoms with E-state index in [9.17, 15) is 4.79 Å². The largest absolute Gasteiger partial charge is 0.491 e. The fourth-order valence-corrected chi connectivity index (χ4v) is 1.72. The number of hydrogen-bond acceptors (Lipinski definition) is 5. The van der Waals surface area contributed by atoms with Gasteiger partial charge in [0.05, 0.1) is 19.6 Å². The first-order chi connectivity index (χ1) is 10.9. The molecule has 0 aliphatic heterocycles. The van der Waals surface area contributed by atoms with Crippen molar-refractivity contribution in [1.82, 2.24) is 0 Å². The maximum Gasteiger partial charge on any atom is 0.310 e. The van der Waals surface area contributed by atoms with Crippen molar-refractivity contribution in [2.24, 2.45) is 5.11 Å². The molecule has 0 saturated heterocycles. The number of rotatable bonds is 9. The molecule has 0 unspecified atom stereocenters. The average molecular weight is 321 g/mol. The van der Waals surface area contributed by atoms with E-state index in [0.717, 1.165) is 5.56 Å². The van der Waals surface area contributed by atoms with Gasteiger partial charge in [-0.15, -0.1) is 0 Å². The van der Waals surface area contributed by atoms with Crippen LogP contribution < -0.4 is 4.74 Å². The molecule has 0 spiro atoms. The minimum absolute atomic E-state index is 0.236. The van der Waals surface area contributed by atoms with E-state index in [1.165, 1.54) is 0 Å². The minimum atomic E-state index is -0.474. The van der Waals surface area contributed by atoms with Crippen molar-refractivity contribution >= 4 is 5.97 Å². The van der Waals surface area contributed by atoms with Gasteiger partial charge in [0.25, 0.3) is 0 Å². The highest BCUT2D eigenvalue weighted by Gasteiger charge is 2.16. The van der Waals surface area contributed by atoms with Gasteiger partial charge in [0.15, 0.2) is 0 Å². The molecule has 1 aromatic rings. The normalized spacial score (nSPS) is 10.7. The van der Waals surface area contributed by atoms with Crippen molar-refractivity contribution in [2.45, 2.75) is 32.8 Å². The predicted octanol–water partition coefficient (Wildman–Crippen LogP) is 3.28. The van der Waals surface area contributed by atoms with E-state index < -0.39 is 5.60 Å². The number of nitrogens with zero attached hydrogens (tertiary/aromatic N) is 3. The molecular weight excluding hydrogens is 298 g/mol. The fourth-order valence-electron chi connectivity index (χ4n) is 1.72. The molecule has 0 aromatic heterocycles. The highest BCUT2D eigenvalue weighted by atomic mass is 16.6. The first kappa shape index (κ1) is 18.8. The number of carbonyl (C=O) groups is 1. The molecular formula is C16H23N3O4. The zero-order valence-corrected chi connectivity index (χ0v) is 13.8. The maximum atomic E-state index is 11.7.